The van der Waals surface area contributed by atoms with Gasteiger partial charge in [-0.3, -0.25) is 0 Å². The van der Waals surface area contributed by atoms with E-state index in [-0.39, 0.29) is 0 Å². The van der Waals surface area contributed by atoms with Crippen LogP contribution in [0.5, 0.6) is 0 Å². The van der Waals surface area contributed by atoms with Gasteiger partial charge >= 0.3 is 0 Å². The van der Waals surface area contributed by atoms with E-state index in [4.69, 9.17) is 0 Å². The lowest BCUT2D eigenvalue weighted by Gasteiger charge is -2.05. The van der Waals surface area contributed by atoms with Gasteiger partial charge in [0.25, 0.3) is 0 Å². The monoisotopic (exact) mass is 865 g/mol. The Kier molecular flexibility index (Phi) is 21.4. The van der Waals surface area contributed by atoms with Gasteiger partial charge in [-0.15, -0.1) is 0 Å². The largest absolute Gasteiger partial charge is 0.0620 e. The third-order valence-electron chi connectivity index (χ3n) is 11.1. The molecule has 0 aliphatic heterocycles. The van der Waals surface area contributed by atoms with Gasteiger partial charge in [0.15, 0.2) is 0 Å². The van der Waals surface area contributed by atoms with Gasteiger partial charge in [0.1, 0.15) is 0 Å². The van der Waals surface area contributed by atoms with Crippen molar-refractivity contribution < 1.29 is 0 Å². The van der Waals surface area contributed by atoms with Crippen molar-refractivity contribution in [3.05, 3.63) is 285 Å². The Labute approximate surface area is 399 Å². The van der Waals surface area contributed by atoms with Crippen LogP contribution in [0.2, 0.25) is 0 Å². The summed E-state index contributed by atoms with van der Waals surface area (Å²) in [6.45, 7) is 25.4. The summed E-state index contributed by atoms with van der Waals surface area (Å²) in [7, 11) is 0. The molecule has 0 N–H and O–H groups in total. The first-order valence-electron chi connectivity index (χ1n) is 23.2. The van der Waals surface area contributed by atoms with E-state index in [0.717, 1.165) is 0 Å². The first-order valence-corrected chi connectivity index (χ1v) is 23.2. The zero-order valence-electron chi connectivity index (χ0n) is 41.8. The van der Waals surface area contributed by atoms with Crippen LogP contribution in [0.15, 0.2) is 218 Å². The van der Waals surface area contributed by atoms with Crippen LogP contribution in [0.1, 0.15) is 66.8 Å². The van der Waals surface area contributed by atoms with Crippen molar-refractivity contribution >= 4 is 0 Å². The molecule has 0 nitrogen and oxygen atoms in total. The topological polar surface area (TPSA) is 0 Å². The minimum atomic E-state index is 1.29. The van der Waals surface area contributed by atoms with Crippen LogP contribution in [0.25, 0.3) is 33.4 Å². The van der Waals surface area contributed by atoms with E-state index in [0.29, 0.717) is 0 Å². The first-order chi connectivity index (χ1) is 31.7. The van der Waals surface area contributed by atoms with Crippen molar-refractivity contribution in [1.82, 2.24) is 0 Å². The lowest BCUT2D eigenvalue weighted by Crippen LogP contribution is -1.82. The molecule has 0 spiro atoms. The van der Waals surface area contributed by atoms with Crippen LogP contribution in [-0.4, -0.2) is 0 Å². The van der Waals surface area contributed by atoms with E-state index in [2.05, 4.69) is 301 Å². The third-order valence-corrected chi connectivity index (χ3v) is 11.1. The molecular weight excluding hydrogens is 793 g/mol. The van der Waals surface area contributed by atoms with Crippen molar-refractivity contribution in [2.75, 3.05) is 0 Å². The SMILES string of the molecule is Cc1ccc(-c2cccc(C)c2)cc1.Cc1ccc(C)cc1.Cc1cccc(-c2cccc(C)c2)c1.Cc1cccc(-c2ccccc2C)c1.Cc1cccc(C)c1.Cc1ccccc1C. The maximum atomic E-state index is 2.22. The van der Waals surface area contributed by atoms with Gasteiger partial charge in [-0.25, -0.2) is 0 Å². The van der Waals surface area contributed by atoms with Crippen molar-refractivity contribution in [3.63, 3.8) is 0 Å². The number of aryl methyl sites for hydroxylation is 12. The molecule has 0 saturated carbocycles. The molecule has 9 rings (SSSR count). The zero-order chi connectivity index (χ0) is 47.8. The molecule has 66 heavy (non-hydrogen) atoms. The molecule has 0 aromatic heterocycles. The highest BCUT2D eigenvalue weighted by Crippen LogP contribution is 2.24. The fraction of sp³-hybridized carbons (Fsp3) is 0.182. The van der Waals surface area contributed by atoms with Crippen molar-refractivity contribution in [2.24, 2.45) is 0 Å². The van der Waals surface area contributed by atoms with Gasteiger partial charge in [-0.1, -0.05) is 268 Å². The molecule has 0 bridgehead atoms. The van der Waals surface area contributed by atoms with Gasteiger partial charge in [0.2, 0.25) is 0 Å². The molecule has 0 amide bonds. The predicted octanol–water partition coefficient (Wildman–Crippen LogP) is 18.8. The summed E-state index contributed by atoms with van der Waals surface area (Å²) in [6.07, 6.45) is 0. The molecule has 0 aliphatic carbocycles. The Morgan fingerprint density at radius 3 is 0.758 bits per heavy atom. The number of benzene rings is 9. The molecule has 0 saturated heterocycles. The van der Waals surface area contributed by atoms with Gasteiger partial charge in [0.05, 0.1) is 0 Å². The van der Waals surface area contributed by atoms with E-state index in [1.54, 1.807) is 0 Å². The van der Waals surface area contributed by atoms with Crippen LogP contribution in [0, 0.1) is 83.1 Å². The second-order valence-corrected chi connectivity index (χ2v) is 17.6. The van der Waals surface area contributed by atoms with Gasteiger partial charge in [-0.05, 0) is 133 Å². The van der Waals surface area contributed by atoms with Crippen LogP contribution in [0.4, 0.5) is 0 Å². The number of rotatable bonds is 3. The minimum Gasteiger partial charge on any atom is -0.0620 e. The Morgan fingerprint density at radius 1 is 0.167 bits per heavy atom. The summed E-state index contributed by atoms with van der Waals surface area (Å²) in [5, 5.41) is 0. The molecule has 0 aliphatic rings. The molecule has 0 atom stereocenters. The van der Waals surface area contributed by atoms with Crippen LogP contribution in [-0.2, 0) is 0 Å². The third kappa shape index (κ3) is 19.0. The lowest BCUT2D eigenvalue weighted by molar-refractivity contribution is 1.34. The highest BCUT2D eigenvalue weighted by molar-refractivity contribution is 5.68. The number of hydrogen-bond acceptors (Lipinski definition) is 0. The highest BCUT2D eigenvalue weighted by Gasteiger charge is 2.00. The Hall–Kier alpha value is -7.02. The van der Waals surface area contributed by atoms with E-state index < -0.39 is 0 Å². The van der Waals surface area contributed by atoms with E-state index in [9.17, 15) is 0 Å². The molecule has 0 heterocycles. The highest BCUT2D eigenvalue weighted by atomic mass is 14.1. The van der Waals surface area contributed by atoms with Crippen LogP contribution in [0.3, 0.4) is 0 Å². The van der Waals surface area contributed by atoms with Crippen LogP contribution >= 0.6 is 0 Å². The lowest BCUT2D eigenvalue weighted by atomic mass is 9.99. The standard InChI is InChI=1S/3C14H14.3C8H10/c1-11-5-3-7-13(9-11)14-8-4-6-12(2)10-14;1-11-6-5-8-13(10-11)14-9-4-3-7-12(14)2;1-11-6-8-13(9-7-11)14-5-3-4-12(2)10-14;1-7-3-5-8(2)6-4-7;1-7-4-3-5-8(2)6-7;1-7-5-3-4-6-8(7)2/h3*3-10H,1-2H3;3*3-6H,1-2H3. The van der Waals surface area contributed by atoms with E-state index in [1.807, 2.05) is 0 Å². The van der Waals surface area contributed by atoms with Crippen molar-refractivity contribution in [3.8, 4) is 33.4 Å². The normalized spacial score (nSPS) is 9.82. The molecule has 0 fully saturated rings. The maximum Gasteiger partial charge on any atom is -0.0155 e. The maximum absolute atomic E-state index is 2.22. The molecule has 9 aromatic carbocycles. The van der Waals surface area contributed by atoms with Crippen molar-refractivity contribution in [2.45, 2.75) is 83.1 Å². The molecule has 0 radical (unpaired) electrons. The Morgan fingerprint density at radius 2 is 0.439 bits per heavy atom. The Bertz CT molecular complexity index is 2700. The second kappa shape index (κ2) is 27.3. The summed E-state index contributed by atoms with van der Waals surface area (Å²) in [4.78, 5) is 0. The van der Waals surface area contributed by atoms with Gasteiger partial charge in [0, 0.05) is 0 Å². The summed E-state index contributed by atoms with van der Waals surface area (Å²) in [5.74, 6) is 0. The summed E-state index contributed by atoms with van der Waals surface area (Å²) >= 11 is 0. The summed E-state index contributed by atoms with van der Waals surface area (Å²) < 4.78 is 0. The van der Waals surface area contributed by atoms with Gasteiger partial charge < -0.3 is 0 Å². The predicted molar refractivity (Wildman–Crippen MR) is 292 cm³/mol. The van der Waals surface area contributed by atoms with E-state index in [1.165, 1.54) is 100 Å². The fourth-order valence-electron chi connectivity index (χ4n) is 7.04. The molecule has 336 valence electrons. The molecule has 0 heteroatoms. The molecule has 9 aromatic rings. The number of hydrogen-bond donors (Lipinski definition) is 0. The summed E-state index contributed by atoms with van der Waals surface area (Å²) in [6, 6.07) is 76.8. The first kappa shape index (κ1) is 51.6. The van der Waals surface area contributed by atoms with Gasteiger partial charge in [-0.2, -0.15) is 0 Å². The average molecular weight is 865 g/mol. The average Bonchev–Trinajstić information content (AvgIpc) is 3.30. The molecular formula is C66H72. The minimum absolute atomic E-state index is 1.29. The quantitative estimate of drug-likeness (QED) is 0.166. The Balaban J connectivity index is 0.000000177. The van der Waals surface area contributed by atoms with E-state index >= 15 is 0 Å². The molecule has 0 unspecified atom stereocenters. The summed E-state index contributed by atoms with van der Waals surface area (Å²) in [5.41, 5.74) is 23.8. The van der Waals surface area contributed by atoms with Crippen molar-refractivity contribution in [1.29, 1.82) is 0 Å². The second-order valence-electron chi connectivity index (χ2n) is 17.6. The van der Waals surface area contributed by atoms with Crippen LogP contribution < -0.4 is 0 Å². The fourth-order valence-corrected chi connectivity index (χ4v) is 7.04. The smallest absolute Gasteiger partial charge is 0.0155 e. The zero-order valence-corrected chi connectivity index (χ0v) is 41.8.